The maximum atomic E-state index is 14.0. The zero-order valence-corrected chi connectivity index (χ0v) is 25.5. The first-order chi connectivity index (χ1) is 18.8. The Hall–Kier alpha value is -2.61. The van der Waals surface area contributed by atoms with Crippen LogP contribution in [0.5, 0.6) is 11.5 Å². The molecule has 3 heterocycles. The third kappa shape index (κ3) is 6.26. The Kier molecular flexibility index (Phi) is 9.91. The van der Waals surface area contributed by atoms with Gasteiger partial charge in [-0.25, -0.2) is 4.98 Å². The number of rotatable bonds is 9. The molecular formula is C26H29Cl2IN6O4. The summed E-state index contributed by atoms with van der Waals surface area (Å²) in [5, 5.41) is 4.02. The van der Waals surface area contributed by atoms with Crippen molar-refractivity contribution in [3.8, 4) is 22.6 Å². The van der Waals surface area contributed by atoms with Crippen LogP contribution in [0, 0.1) is 0 Å². The van der Waals surface area contributed by atoms with Crippen LogP contribution < -0.4 is 20.3 Å². The van der Waals surface area contributed by atoms with Crippen LogP contribution in [-0.4, -0.2) is 84.2 Å². The van der Waals surface area contributed by atoms with Crippen LogP contribution >= 0.6 is 45.8 Å². The molecule has 1 aliphatic rings. The second-order valence-electron chi connectivity index (χ2n) is 8.83. The Morgan fingerprint density at radius 3 is 2.36 bits per heavy atom. The first kappa shape index (κ1) is 29.4. The number of amides is 1. The molecule has 0 saturated carbocycles. The van der Waals surface area contributed by atoms with Crippen LogP contribution in [0.1, 0.15) is 6.42 Å². The third-order valence-corrected chi connectivity index (χ3v) is 7.75. The van der Waals surface area contributed by atoms with E-state index in [-0.39, 0.29) is 21.5 Å². The molecule has 1 saturated heterocycles. The van der Waals surface area contributed by atoms with Crippen molar-refractivity contribution in [2.24, 2.45) is 0 Å². The summed E-state index contributed by atoms with van der Waals surface area (Å²) in [4.78, 5) is 39.1. The number of nitrogens with zero attached hydrogens (tertiary/aromatic N) is 5. The molecule has 0 unspecified atom stereocenters. The van der Waals surface area contributed by atoms with Crippen molar-refractivity contribution < 1.29 is 14.3 Å². The predicted octanol–water partition coefficient (Wildman–Crippen LogP) is 4.31. The molecule has 3 aromatic rings. The molecule has 10 nitrogen and oxygen atoms in total. The fourth-order valence-electron chi connectivity index (χ4n) is 4.59. The number of methoxy groups -OCH3 is 2. The summed E-state index contributed by atoms with van der Waals surface area (Å²) in [6, 6.07) is 3.28. The normalized spacial score (nSPS) is 14.3. The highest BCUT2D eigenvalue weighted by Gasteiger charge is 2.24. The number of aryl methyl sites for hydroxylation is 1. The second-order valence-corrected chi connectivity index (χ2v) is 10.3. The van der Waals surface area contributed by atoms with Gasteiger partial charge in [-0.3, -0.25) is 19.1 Å². The van der Waals surface area contributed by atoms with E-state index in [4.69, 9.17) is 32.7 Å². The number of benzene rings is 1. The number of aromatic nitrogens is 3. The Morgan fingerprint density at radius 1 is 1.10 bits per heavy atom. The summed E-state index contributed by atoms with van der Waals surface area (Å²) in [7, 11) is 4.69. The highest BCUT2D eigenvalue weighted by Crippen LogP contribution is 2.45. The molecule has 0 radical (unpaired) electrons. The maximum Gasteiger partial charge on any atom is 0.260 e. The van der Waals surface area contributed by atoms with E-state index in [0.29, 0.717) is 65.7 Å². The highest BCUT2D eigenvalue weighted by molar-refractivity contribution is 14.1. The zero-order chi connectivity index (χ0) is 28.1. The van der Waals surface area contributed by atoms with E-state index in [1.54, 1.807) is 40.1 Å². The van der Waals surface area contributed by atoms with E-state index in [9.17, 15) is 9.59 Å². The first-order valence-corrected chi connectivity index (χ1v) is 14.3. The molecule has 4 rings (SSSR count). The maximum absolute atomic E-state index is 14.0. The van der Waals surface area contributed by atoms with Crippen molar-refractivity contribution in [1.29, 1.82) is 0 Å². The number of fused-ring (bicyclic) bond motifs is 1. The van der Waals surface area contributed by atoms with Gasteiger partial charge in [0, 0.05) is 69.1 Å². The topological polar surface area (TPSA) is 102 Å². The van der Waals surface area contributed by atoms with Gasteiger partial charge in [-0.1, -0.05) is 45.8 Å². The summed E-state index contributed by atoms with van der Waals surface area (Å²) in [6.45, 7) is 4.07. The Morgan fingerprint density at radius 2 is 1.77 bits per heavy atom. The summed E-state index contributed by atoms with van der Waals surface area (Å²) in [6.07, 6.45) is 3.94. The Bertz CT molecular complexity index is 1430. The van der Waals surface area contributed by atoms with Crippen LogP contribution in [0.2, 0.25) is 10.0 Å². The lowest BCUT2D eigenvalue weighted by molar-refractivity contribution is -0.127. The van der Waals surface area contributed by atoms with Crippen molar-refractivity contribution in [3.63, 3.8) is 0 Å². The molecule has 0 bridgehead atoms. The van der Waals surface area contributed by atoms with Crippen molar-refractivity contribution in [1.82, 2.24) is 24.3 Å². The molecule has 39 heavy (non-hydrogen) atoms. The number of hydrogen-bond donors (Lipinski definition) is 1. The monoisotopic (exact) mass is 686 g/mol. The molecule has 1 fully saturated rings. The van der Waals surface area contributed by atoms with Crippen molar-refractivity contribution in [2.45, 2.75) is 13.0 Å². The van der Waals surface area contributed by atoms with Gasteiger partial charge in [0.2, 0.25) is 11.9 Å². The largest absolute Gasteiger partial charge is 0.495 e. The quantitative estimate of drug-likeness (QED) is 0.263. The molecular weight excluding hydrogens is 658 g/mol. The zero-order valence-electron chi connectivity index (χ0n) is 21.8. The molecule has 1 aliphatic heterocycles. The van der Waals surface area contributed by atoms with E-state index in [1.807, 2.05) is 27.5 Å². The van der Waals surface area contributed by atoms with Crippen LogP contribution in [0.15, 0.2) is 33.3 Å². The lowest BCUT2D eigenvalue weighted by Gasteiger charge is -2.34. The molecule has 0 aliphatic carbocycles. The Labute approximate surface area is 250 Å². The molecule has 1 N–H and O–H groups in total. The molecule has 0 atom stereocenters. The standard InChI is InChI=1S/C26H29Cl2IN6O4/c1-30-26-31-15-16-13-17(21-22(27)18(38-2)14-19(39-3)23(21)28)25(37)35(24(16)32-26)8-4-7-33-9-11-34(12-10-33)20(36)5-6-29/h5-6,13-15H,4,7-12H2,1-3H3,(H,30,31,32)/b6-5+. The van der Waals surface area contributed by atoms with Crippen molar-refractivity contribution in [3.05, 3.63) is 48.9 Å². The molecule has 1 aromatic carbocycles. The van der Waals surface area contributed by atoms with E-state index >= 15 is 0 Å². The minimum absolute atomic E-state index is 0.0328. The summed E-state index contributed by atoms with van der Waals surface area (Å²) < 4.78 is 14.2. The number of nitrogens with one attached hydrogen (secondary N) is 1. The number of carbonyl (C=O) groups is 1. The number of halogens is 3. The van der Waals surface area contributed by atoms with Gasteiger partial charge in [0.1, 0.15) is 17.1 Å². The molecule has 2 aromatic heterocycles. The lowest BCUT2D eigenvalue weighted by Crippen LogP contribution is -2.48. The number of carbonyl (C=O) groups excluding carboxylic acids is 1. The lowest BCUT2D eigenvalue weighted by atomic mass is 10.0. The fourth-order valence-corrected chi connectivity index (χ4v) is 5.60. The number of piperazine rings is 1. The third-order valence-electron chi connectivity index (χ3n) is 6.64. The van der Waals surface area contributed by atoms with Crippen LogP contribution in [0.4, 0.5) is 5.95 Å². The number of ether oxygens (including phenoxy) is 2. The Balaban J connectivity index is 1.67. The average molecular weight is 687 g/mol. The summed E-state index contributed by atoms with van der Waals surface area (Å²) in [5.41, 5.74) is 0.842. The molecule has 1 amide bonds. The highest BCUT2D eigenvalue weighted by atomic mass is 127. The van der Waals surface area contributed by atoms with Crippen LogP contribution in [-0.2, 0) is 11.3 Å². The first-order valence-electron chi connectivity index (χ1n) is 12.3. The molecule has 208 valence electrons. The summed E-state index contributed by atoms with van der Waals surface area (Å²) in [5.74, 6) is 1.12. The van der Waals surface area contributed by atoms with Crippen LogP contribution in [0.25, 0.3) is 22.2 Å². The van der Waals surface area contributed by atoms with Gasteiger partial charge in [-0.05, 0) is 23.1 Å². The van der Waals surface area contributed by atoms with Crippen molar-refractivity contribution in [2.75, 3.05) is 59.3 Å². The van der Waals surface area contributed by atoms with Gasteiger partial charge in [0.15, 0.2) is 0 Å². The van der Waals surface area contributed by atoms with Gasteiger partial charge < -0.3 is 19.7 Å². The van der Waals surface area contributed by atoms with Gasteiger partial charge in [0.05, 0.1) is 29.8 Å². The van der Waals surface area contributed by atoms with E-state index in [1.165, 1.54) is 14.2 Å². The molecule has 0 spiro atoms. The predicted molar refractivity (Wildman–Crippen MR) is 163 cm³/mol. The minimum atomic E-state index is -0.289. The summed E-state index contributed by atoms with van der Waals surface area (Å²) >= 11 is 15.4. The number of hydrogen-bond acceptors (Lipinski definition) is 8. The van der Waals surface area contributed by atoms with Crippen molar-refractivity contribution >= 4 is 68.7 Å². The van der Waals surface area contributed by atoms with Gasteiger partial charge >= 0.3 is 0 Å². The van der Waals surface area contributed by atoms with E-state index in [2.05, 4.69) is 20.2 Å². The van der Waals surface area contributed by atoms with E-state index in [0.717, 1.165) is 19.6 Å². The number of anilines is 1. The molecule has 13 heteroatoms. The SMILES string of the molecule is CNc1ncc2cc(-c3c(Cl)c(OC)cc(OC)c3Cl)c(=O)n(CCCN3CCN(C(=O)/C=C/I)CC3)c2n1. The van der Waals surface area contributed by atoms with Gasteiger partial charge in [-0.15, -0.1) is 0 Å². The van der Waals surface area contributed by atoms with Gasteiger partial charge in [0.25, 0.3) is 5.56 Å². The number of pyridine rings is 1. The van der Waals surface area contributed by atoms with Gasteiger partial charge in [-0.2, -0.15) is 4.98 Å². The smallest absolute Gasteiger partial charge is 0.260 e. The second kappa shape index (κ2) is 13.2. The van der Waals surface area contributed by atoms with E-state index < -0.39 is 0 Å². The minimum Gasteiger partial charge on any atom is -0.495 e. The fraction of sp³-hybridized carbons (Fsp3) is 0.385. The van der Waals surface area contributed by atoms with Crippen LogP contribution in [0.3, 0.4) is 0 Å². The average Bonchev–Trinajstić information content (AvgIpc) is 2.95.